The number of carbonyl (C=O) groups excluding carboxylic acids is 3. The third kappa shape index (κ3) is 5.81. The van der Waals surface area contributed by atoms with Gasteiger partial charge in [-0.25, -0.2) is 0 Å². The molecule has 3 N–H and O–H groups in total. The molecule has 0 aliphatic heterocycles. The first-order valence-electron chi connectivity index (χ1n) is 9.57. The van der Waals surface area contributed by atoms with Crippen LogP contribution in [0.4, 0.5) is 17.1 Å². The van der Waals surface area contributed by atoms with Crippen molar-refractivity contribution in [3.63, 3.8) is 0 Å². The van der Waals surface area contributed by atoms with Crippen LogP contribution in [0.25, 0.3) is 0 Å². The SMILES string of the molecule is CC(C)CC(=O)Nc1ccc(NC(=O)c2ccc(NC(=O)c3ccco3)cc2)cc1. The Morgan fingerprint density at radius 1 is 0.767 bits per heavy atom. The van der Waals surface area contributed by atoms with Crippen molar-refractivity contribution in [1.29, 1.82) is 0 Å². The van der Waals surface area contributed by atoms with Crippen molar-refractivity contribution in [2.75, 3.05) is 16.0 Å². The van der Waals surface area contributed by atoms with Crippen LogP contribution < -0.4 is 16.0 Å². The van der Waals surface area contributed by atoms with E-state index < -0.39 is 0 Å². The predicted octanol–water partition coefficient (Wildman–Crippen LogP) is 4.77. The van der Waals surface area contributed by atoms with Crippen LogP contribution in [0.1, 0.15) is 41.2 Å². The van der Waals surface area contributed by atoms with Crippen molar-refractivity contribution in [3.8, 4) is 0 Å². The van der Waals surface area contributed by atoms with Gasteiger partial charge in [-0.2, -0.15) is 0 Å². The van der Waals surface area contributed by atoms with E-state index in [0.29, 0.717) is 29.0 Å². The molecule has 2 aromatic carbocycles. The summed E-state index contributed by atoms with van der Waals surface area (Å²) >= 11 is 0. The van der Waals surface area contributed by atoms with Gasteiger partial charge < -0.3 is 20.4 Å². The average Bonchev–Trinajstić information content (AvgIpc) is 3.24. The Hall–Kier alpha value is -3.87. The molecule has 3 amide bonds. The minimum Gasteiger partial charge on any atom is -0.459 e. The van der Waals surface area contributed by atoms with Crippen LogP contribution in [-0.2, 0) is 4.79 Å². The number of nitrogens with one attached hydrogen (secondary N) is 3. The van der Waals surface area contributed by atoms with Gasteiger partial charge in [0, 0.05) is 29.0 Å². The Labute approximate surface area is 174 Å². The maximum Gasteiger partial charge on any atom is 0.291 e. The summed E-state index contributed by atoms with van der Waals surface area (Å²) in [6, 6.07) is 16.6. The Morgan fingerprint density at radius 3 is 1.83 bits per heavy atom. The molecule has 1 aromatic heterocycles. The molecule has 0 saturated carbocycles. The molecular weight excluding hydrogens is 382 g/mol. The van der Waals surface area contributed by atoms with E-state index in [1.165, 1.54) is 6.26 Å². The van der Waals surface area contributed by atoms with Crippen LogP contribution in [0.3, 0.4) is 0 Å². The number of anilines is 3. The van der Waals surface area contributed by atoms with Gasteiger partial charge in [-0.1, -0.05) is 13.8 Å². The van der Waals surface area contributed by atoms with E-state index in [1.54, 1.807) is 60.7 Å². The number of amides is 3. The molecule has 0 saturated heterocycles. The van der Waals surface area contributed by atoms with Crippen LogP contribution in [0.2, 0.25) is 0 Å². The fraction of sp³-hybridized carbons (Fsp3) is 0.174. The minimum absolute atomic E-state index is 0.0407. The van der Waals surface area contributed by atoms with Gasteiger partial charge in [0.1, 0.15) is 0 Å². The lowest BCUT2D eigenvalue weighted by molar-refractivity contribution is -0.116. The molecule has 0 bridgehead atoms. The highest BCUT2D eigenvalue weighted by atomic mass is 16.3. The maximum atomic E-state index is 12.4. The van der Waals surface area contributed by atoms with Gasteiger partial charge in [0.25, 0.3) is 11.8 Å². The number of hydrogen-bond acceptors (Lipinski definition) is 4. The van der Waals surface area contributed by atoms with Crippen molar-refractivity contribution >= 4 is 34.8 Å². The molecule has 1 heterocycles. The largest absolute Gasteiger partial charge is 0.459 e. The zero-order valence-corrected chi connectivity index (χ0v) is 16.8. The first kappa shape index (κ1) is 20.9. The van der Waals surface area contributed by atoms with Crippen molar-refractivity contribution in [2.24, 2.45) is 5.92 Å². The maximum absolute atomic E-state index is 12.4. The van der Waals surface area contributed by atoms with Gasteiger partial charge in [0.05, 0.1) is 6.26 Å². The first-order valence-corrected chi connectivity index (χ1v) is 9.57. The van der Waals surface area contributed by atoms with Crippen molar-refractivity contribution < 1.29 is 18.8 Å². The Balaban J connectivity index is 1.55. The molecule has 3 aromatic rings. The van der Waals surface area contributed by atoms with E-state index in [0.717, 1.165) is 0 Å². The fourth-order valence-electron chi connectivity index (χ4n) is 2.73. The highest BCUT2D eigenvalue weighted by Gasteiger charge is 2.11. The smallest absolute Gasteiger partial charge is 0.291 e. The summed E-state index contributed by atoms with van der Waals surface area (Å²) in [7, 11) is 0. The summed E-state index contributed by atoms with van der Waals surface area (Å²) in [6.45, 7) is 3.97. The van der Waals surface area contributed by atoms with E-state index in [4.69, 9.17) is 4.42 Å². The second-order valence-corrected chi connectivity index (χ2v) is 7.19. The molecule has 7 heteroatoms. The lowest BCUT2D eigenvalue weighted by atomic mass is 10.1. The third-order valence-corrected chi connectivity index (χ3v) is 4.17. The molecule has 7 nitrogen and oxygen atoms in total. The van der Waals surface area contributed by atoms with Crippen LogP contribution >= 0.6 is 0 Å². The monoisotopic (exact) mass is 405 g/mol. The molecule has 30 heavy (non-hydrogen) atoms. The zero-order chi connectivity index (χ0) is 21.5. The predicted molar refractivity (Wildman–Crippen MR) is 116 cm³/mol. The molecule has 0 unspecified atom stereocenters. The highest BCUT2D eigenvalue weighted by Crippen LogP contribution is 2.17. The normalized spacial score (nSPS) is 10.5. The molecule has 0 spiro atoms. The third-order valence-electron chi connectivity index (χ3n) is 4.17. The molecule has 0 fully saturated rings. The van der Waals surface area contributed by atoms with E-state index in [9.17, 15) is 14.4 Å². The lowest BCUT2D eigenvalue weighted by Crippen LogP contribution is -2.14. The summed E-state index contributed by atoms with van der Waals surface area (Å²) in [5.74, 6) is -0.191. The number of benzene rings is 2. The summed E-state index contributed by atoms with van der Waals surface area (Å²) in [4.78, 5) is 36.2. The first-order chi connectivity index (χ1) is 14.4. The standard InChI is InChI=1S/C23H23N3O4/c1-15(2)14-21(27)24-17-9-11-19(12-10-17)25-22(28)16-5-7-18(8-6-16)26-23(29)20-4-3-13-30-20/h3-13,15H,14H2,1-2H3,(H,24,27)(H,25,28)(H,26,29). The molecule has 0 radical (unpaired) electrons. The number of furan rings is 1. The molecule has 154 valence electrons. The molecule has 3 rings (SSSR count). The van der Waals surface area contributed by atoms with Crippen LogP contribution in [0.5, 0.6) is 0 Å². The molecule has 0 aliphatic rings. The number of hydrogen-bond donors (Lipinski definition) is 3. The van der Waals surface area contributed by atoms with E-state index in [2.05, 4.69) is 16.0 Å². The van der Waals surface area contributed by atoms with Gasteiger partial charge in [0.15, 0.2) is 5.76 Å². The minimum atomic E-state index is -0.363. The van der Waals surface area contributed by atoms with Crippen molar-refractivity contribution in [3.05, 3.63) is 78.3 Å². The van der Waals surface area contributed by atoms with E-state index in [-0.39, 0.29) is 29.4 Å². The molecular formula is C23H23N3O4. The lowest BCUT2D eigenvalue weighted by Gasteiger charge is -2.09. The van der Waals surface area contributed by atoms with Gasteiger partial charge >= 0.3 is 0 Å². The van der Waals surface area contributed by atoms with Gasteiger partial charge in [-0.05, 0) is 66.6 Å². The van der Waals surface area contributed by atoms with Gasteiger partial charge in [-0.15, -0.1) is 0 Å². The summed E-state index contributed by atoms with van der Waals surface area (Å²) in [5.41, 5.74) is 2.28. The Morgan fingerprint density at radius 2 is 1.30 bits per heavy atom. The average molecular weight is 405 g/mol. The van der Waals surface area contributed by atoms with Gasteiger partial charge in [-0.3, -0.25) is 14.4 Å². The summed E-state index contributed by atoms with van der Waals surface area (Å²) in [5, 5.41) is 8.32. The molecule has 0 atom stereocenters. The van der Waals surface area contributed by atoms with E-state index >= 15 is 0 Å². The molecule has 0 aliphatic carbocycles. The second-order valence-electron chi connectivity index (χ2n) is 7.19. The Kier molecular flexibility index (Phi) is 6.64. The second kappa shape index (κ2) is 9.56. The zero-order valence-electron chi connectivity index (χ0n) is 16.8. The number of rotatable bonds is 7. The van der Waals surface area contributed by atoms with Crippen molar-refractivity contribution in [1.82, 2.24) is 0 Å². The summed E-state index contributed by atoms with van der Waals surface area (Å²) in [6.07, 6.45) is 1.88. The van der Waals surface area contributed by atoms with Crippen LogP contribution in [0, 0.1) is 5.92 Å². The fourth-order valence-corrected chi connectivity index (χ4v) is 2.73. The topological polar surface area (TPSA) is 100 Å². The number of carbonyl (C=O) groups is 3. The summed E-state index contributed by atoms with van der Waals surface area (Å²) < 4.78 is 5.04. The highest BCUT2D eigenvalue weighted by molar-refractivity contribution is 6.05. The van der Waals surface area contributed by atoms with Crippen LogP contribution in [0.15, 0.2) is 71.3 Å². The Bertz CT molecular complexity index is 1010. The quantitative estimate of drug-likeness (QED) is 0.527. The van der Waals surface area contributed by atoms with E-state index in [1.807, 2.05) is 13.8 Å². The van der Waals surface area contributed by atoms with Gasteiger partial charge in [0.2, 0.25) is 5.91 Å². The van der Waals surface area contributed by atoms with Crippen molar-refractivity contribution in [2.45, 2.75) is 20.3 Å². The van der Waals surface area contributed by atoms with Crippen LogP contribution in [-0.4, -0.2) is 17.7 Å².